The molecule has 0 radical (unpaired) electrons. The summed E-state index contributed by atoms with van der Waals surface area (Å²) in [6.45, 7) is 0.349. The number of sulfone groups is 1. The Hall–Kier alpha value is -4.10. The number of halogens is 2. The molecular formula is C30H31Cl2N5O6S. The Morgan fingerprint density at radius 2 is 1.73 bits per heavy atom. The number of hydrogen-bond acceptors (Lipinski definition) is 7. The minimum atomic E-state index is -3.54. The van der Waals surface area contributed by atoms with Gasteiger partial charge >= 0.3 is 12.1 Å². The lowest BCUT2D eigenvalue weighted by Gasteiger charge is -2.18. The van der Waals surface area contributed by atoms with Gasteiger partial charge in [-0.1, -0.05) is 65.7 Å². The number of H-pyrrole nitrogens is 1. The average molecular weight is 661 g/mol. The molecule has 0 saturated carbocycles. The Labute approximate surface area is 265 Å². The molecule has 0 aliphatic carbocycles. The zero-order valence-electron chi connectivity index (χ0n) is 23.9. The molecule has 1 atom stereocenters. The second kappa shape index (κ2) is 15.1. The number of aromatic amines is 1. The molecule has 0 bridgehead atoms. The molecule has 1 heterocycles. The first-order valence-electron chi connectivity index (χ1n) is 13.4. The maximum absolute atomic E-state index is 13.1. The summed E-state index contributed by atoms with van der Waals surface area (Å²) in [6.07, 6.45) is 0.874. The van der Waals surface area contributed by atoms with E-state index in [4.69, 9.17) is 37.7 Å². The van der Waals surface area contributed by atoms with Crippen molar-refractivity contribution in [1.82, 2.24) is 20.6 Å². The van der Waals surface area contributed by atoms with Gasteiger partial charge < -0.3 is 25.1 Å². The van der Waals surface area contributed by atoms with Crippen LogP contribution in [0.15, 0.2) is 77.7 Å². The molecule has 3 aromatic carbocycles. The van der Waals surface area contributed by atoms with Crippen LogP contribution in [0.25, 0.3) is 11.3 Å². The van der Waals surface area contributed by atoms with E-state index in [0.717, 1.165) is 11.8 Å². The van der Waals surface area contributed by atoms with E-state index < -0.39 is 28.0 Å². The van der Waals surface area contributed by atoms with E-state index in [1.165, 1.54) is 25.3 Å². The summed E-state index contributed by atoms with van der Waals surface area (Å²) >= 11 is 12.6. The number of rotatable bonds is 12. The van der Waals surface area contributed by atoms with Gasteiger partial charge in [0.25, 0.3) is 0 Å². The van der Waals surface area contributed by atoms with Gasteiger partial charge in [0, 0.05) is 36.2 Å². The van der Waals surface area contributed by atoms with Gasteiger partial charge in [-0.3, -0.25) is 5.32 Å². The molecule has 11 nitrogen and oxygen atoms in total. The second-order valence-corrected chi connectivity index (χ2v) is 12.5. The summed E-state index contributed by atoms with van der Waals surface area (Å²) in [5.74, 6) is 0.410. The van der Waals surface area contributed by atoms with Crippen molar-refractivity contribution < 1.29 is 27.5 Å². The number of carbonyl (C=O) groups excluding carboxylic acids is 2. The summed E-state index contributed by atoms with van der Waals surface area (Å²) in [5, 5.41) is 8.87. The first-order chi connectivity index (χ1) is 21.0. The molecule has 0 fully saturated rings. The number of imidazole rings is 1. The van der Waals surface area contributed by atoms with Crippen LogP contribution in [0, 0.1) is 0 Å². The van der Waals surface area contributed by atoms with E-state index in [1.54, 1.807) is 24.3 Å². The number of carbonyl (C=O) groups is 2. The lowest BCUT2D eigenvalue weighted by molar-refractivity contribution is 0.107. The number of urea groups is 1. The highest BCUT2D eigenvalue weighted by atomic mass is 35.5. The van der Waals surface area contributed by atoms with Crippen LogP contribution in [0.3, 0.4) is 0 Å². The molecule has 44 heavy (non-hydrogen) atoms. The molecular weight excluding hydrogens is 629 g/mol. The summed E-state index contributed by atoms with van der Waals surface area (Å²) in [4.78, 5) is 32.8. The standard InChI is InChI=1S/C30H31Cl2N5O6S/c1-42-14-15-43-30(39)34-23-11-8-20(9-12-23)26-27(32)37-28(36-26)24(16-19-6-4-3-5-7-19)35-29(38)33-18-21-17-22(31)10-13-25(21)44(2,40)41/h3-13,17,24H,14-16,18H2,1-2H3,(H,34,39)(H,36,37)(H2,33,35,38)/t24-/m0/s1. The van der Waals surface area contributed by atoms with Crippen molar-refractivity contribution in [3.8, 4) is 11.3 Å². The lowest BCUT2D eigenvalue weighted by atomic mass is 10.1. The van der Waals surface area contributed by atoms with E-state index in [9.17, 15) is 18.0 Å². The van der Waals surface area contributed by atoms with Crippen molar-refractivity contribution in [1.29, 1.82) is 0 Å². The molecule has 232 valence electrons. The number of benzene rings is 3. The van der Waals surface area contributed by atoms with Crippen molar-refractivity contribution in [3.05, 3.63) is 99.9 Å². The highest BCUT2D eigenvalue weighted by Gasteiger charge is 2.22. The van der Waals surface area contributed by atoms with Crippen molar-refractivity contribution >= 4 is 50.9 Å². The van der Waals surface area contributed by atoms with Crippen LogP contribution in [-0.4, -0.2) is 57.1 Å². The smallest absolute Gasteiger partial charge is 0.411 e. The second-order valence-electron chi connectivity index (χ2n) is 9.71. The summed E-state index contributed by atoms with van der Waals surface area (Å²) in [7, 11) is -2.02. The van der Waals surface area contributed by atoms with Gasteiger partial charge in [-0.15, -0.1) is 0 Å². The average Bonchev–Trinajstić information content (AvgIpc) is 3.37. The van der Waals surface area contributed by atoms with Crippen LogP contribution >= 0.6 is 23.2 Å². The van der Waals surface area contributed by atoms with E-state index >= 15 is 0 Å². The number of anilines is 1. The normalized spacial score (nSPS) is 11.9. The van der Waals surface area contributed by atoms with E-state index in [2.05, 4.69) is 20.9 Å². The van der Waals surface area contributed by atoms with Crippen LogP contribution in [-0.2, 0) is 32.3 Å². The van der Waals surface area contributed by atoms with Gasteiger partial charge in [0.15, 0.2) is 9.84 Å². The molecule has 0 aliphatic rings. The quantitative estimate of drug-likeness (QED) is 0.141. The Bertz CT molecular complexity index is 1700. The first kappa shape index (κ1) is 32.8. The van der Waals surface area contributed by atoms with E-state index in [1.807, 2.05) is 30.3 Å². The minimum absolute atomic E-state index is 0.0721. The third kappa shape index (κ3) is 9.20. The first-order valence-corrected chi connectivity index (χ1v) is 16.0. The van der Waals surface area contributed by atoms with Crippen LogP contribution < -0.4 is 16.0 Å². The zero-order chi connectivity index (χ0) is 31.7. The minimum Gasteiger partial charge on any atom is -0.447 e. The predicted octanol–water partition coefficient (Wildman–Crippen LogP) is 5.77. The Balaban J connectivity index is 1.51. The fourth-order valence-corrected chi connectivity index (χ4v) is 5.67. The summed E-state index contributed by atoms with van der Waals surface area (Å²) < 4.78 is 34.3. The molecule has 1 aromatic heterocycles. The fraction of sp³-hybridized carbons (Fsp3) is 0.233. The van der Waals surface area contributed by atoms with Crippen molar-refractivity contribution in [3.63, 3.8) is 0 Å². The van der Waals surface area contributed by atoms with Crippen molar-refractivity contribution in [2.45, 2.75) is 23.9 Å². The predicted molar refractivity (Wildman–Crippen MR) is 169 cm³/mol. The van der Waals surface area contributed by atoms with Crippen LogP contribution in [0.2, 0.25) is 10.2 Å². The largest absolute Gasteiger partial charge is 0.447 e. The maximum Gasteiger partial charge on any atom is 0.411 e. The number of aromatic nitrogens is 2. The highest BCUT2D eigenvalue weighted by Crippen LogP contribution is 2.29. The maximum atomic E-state index is 13.1. The van der Waals surface area contributed by atoms with Gasteiger partial charge in [-0.05, 0) is 47.9 Å². The van der Waals surface area contributed by atoms with E-state index in [0.29, 0.717) is 46.4 Å². The number of methoxy groups -OCH3 is 1. The molecule has 4 aromatic rings. The topological polar surface area (TPSA) is 152 Å². The molecule has 0 aliphatic heterocycles. The van der Waals surface area contributed by atoms with Crippen LogP contribution in [0.1, 0.15) is 23.0 Å². The third-order valence-electron chi connectivity index (χ3n) is 6.38. The van der Waals surface area contributed by atoms with Crippen LogP contribution in [0.5, 0.6) is 0 Å². The lowest BCUT2D eigenvalue weighted by Crippen LogP contribution is -2.39. The summed E-state index contributed by atoms with van der Waals surface area (Å²) in [5.41, 5.74) is 2.94. The molecule has 4 rings (SSSR count). The molecule has 0 spiro atoms. The number of hydrogen-bond donors (Lipinski definition) is 4. The van der Waals surface area contributed by atoms with E-state index in [-0.39, 0.29) is 23.2 Å². The molecule has 0 unspecified atom stereocenters. The Kier molecular flexibility index (Phi) is 11.2. The third-order valence-corrected chi connectivity index (χ3v) is 8.09. The fourth-order valence-electron chi connectivity index (χ4n) is 4.31. The Morgan fingerprint density at radius 3 is 2.41 bits per heavy atom. The van der Waals surface area contributed by atoms with Gasteiger partial charge in [-0.2, -0.15) is 0 Å². The summed E-state index contributed by atoms with van der Waals surface area (Å²) in [6, 6.07) is 19.6. The number of ether oxygens (including phenoxy) is 2. The zero-order valence-corrected chi connectivity index (χ0v) is 26.2. The monoisotopic (exact) mass is 659 g/mol. The molecule has 3 amide bonds. The van der Waals surface area contributed by atoms with Crippen molar-refractivity contribution in [2.75, 3.05) is 31.9 Å². The SMILES string of the molecule is COCCOC(=O)Nc1ccc(-c2nc([C@H](Cc3ccccc3)NC(=O)NCc3cc(Cl)ccc3S(C)(=O)=O)[nH]c2Cl)cc1. The van der Waals surface area contributed by atoms with Crippen LogP contribution in [0.4, 0.5) is 15.3 Å². The molecule has 4 N–H and O–H groups in total. The van der Waals surface area contributed by atoms with Crippen molar-refractivity contribution in [2.24, 2.45) is 0 Å². The molecule has 0 saturated heterocycles. The van der Waals surface area contributed by atoms with Gasteiger partial charge in [-0.25, -0.2) is 23.0 Å². The molecule has 14 heteroatoms. The number of amides is 3. The van der Waals surface area contributed by atoms with Gasteiger partial charge in [0.05, 0.1) is 17.5 Å². The number of nitrogens with zero attached hydrogens (tertiary/aromatic N) is 1. The number of nitrogens with one attached hydrogen (secondary N) is 4. The Morgan fingerprint density at radius 1 is 1.00 bits per heavy atom. The highest BCUT2D eigenvalue weighted by molar-refractivity contribution is 7.90. The van der Waals surface area contributed by atoms with Gasteiger partial charge in [0.2, 0.25) is 0 Å². The van der Waals surface area contributed by atoms with Gasteiger partial charge in [0.1, 0.15) is 23.3 Å².